The van der Waals surface area contributed by atoms with Gasteiger partial charge in [-0.1, -0.05) is 0 Å². The van der Waals surface area contributed by atoms with Crippen LogP contribution in [-0.4, -0.2) is 27.6 Å². The Bertz CT molecular complexity index is 634. The molecule has 1 aromatic carbocycles. The summed E-state index contributed by atoms with van der Waals surface area (Å²) in [5, 5.41) is 3.85. The Morgan fingerprint density at radius 2 is 1.90 bits per heavy atom. The van der Waals surface area contributed by atoms with Crippen molar-refractivity contribution in [2.45, 2.75) is 13.0 Å². The number of rotatable bonds is 4. The van der Waals surface area contributed by atoms with Crippen LogP contribution in [0.1, 0.15) is 27.6 Å². The molecule has 1 atom stereocenters. The monoisotopic (exact) mass is 276 g/mol. The van der Waals surface area contributed by atoms with Gasteiger partial charge < -0.3 is 4.74 Å². The fourth-order valence-electron chi connectivity index (χ4n) is 1.66. The van der Waals surface area contributed by atoms with Crippen LogP contribution in [0.3, 0.4) is 0 Å². The number of benzene rings is 1. The van der Waals surface area contributed by atoms with Crippen molar-refractivity contribution >= 4 is 11.8 Å². The zero-order valence-corrected chi connectivity index (χ0v) is 11.0. The molecule has 0 N–H and O–H groups in total. The average Bonchev–Trinajstić information content (AvgIpc) is 2.85. The molecule has 0 amide bonds. The van der Waals surface area contributed by atoms with Crippen LogP contribution in [0.15, 0.2) is 36.7 Å². The maximum atomic E-state index is 12.8. The Kier molecular flexibility index (Phi) is 3.93. The van der Waals surface area contributed by atoms with Crippen LogP contribution >= 0.6 is 0 Å². The van der Waals surface area contributed by atoms with Gasteiger partial charge in [0.25, 0.3) is 0 Å². The van der Waals surface area contributed by atoms with Gasteiger partial charge in [0.1, 0.15) is 5.82 Å². The average molecular weight is 276 g/mol. The quantitative estimate of drug-likeness (QED) is 0.633. The van der Waals surface area contributed by atoms with Gasteiger partial charge >= 0.3 is 5.97 Å². The summed E-state index contributed by atoms with van der Waals surface area (Å²) >= 11 is 0. The summed E-state index contributed by atoms with van der Waals surface area (Å²) in [6.07, 6.45) is 1.91. The van der Waals surface area contributed by atoms with E-state index < -0.39 is 17.9 Å². The van der Waals surface area contributed by atoms with Crippen LogP contribution in [-0.2, 0) is 11.8 Å². The minimum absolute atomic E-state index is 0.270. The second-order valence-electron chi connectivity index (χ2n) is 4.32. The summed E-state index contributed by atoms with van der Waals surface area (Å²) in [6, 6.07) is 5.07. The Morgan fingerprint density at radius 1 is 1.25 bits per heavy atom. The van der Waals surface area contributed by atoms with Crippen molar-refractivity contribution in [3.05, 3.63) is 53.6 Å². The lowest BCUT2D eigenvalue weighted by atomic mass is 10.1. The molecule has 104 valence electrons. The number of ketones is 1. The number of Topliss-reactive ketones (excluding diaryl/α,β-unsaturated/α-hetero) is 1. The van der Waals surface area contributed by atoms with Gasteiger partial charge in [-0.05, 0) is 31.2 Å². The molecule has 0 saturated heterocycles. The van der Waals surface area contributed by atoms with E-state index in [0.717, 1.165) is 0 Å². The van der Waals surface area contributed by atoms with E-state index in [1.54, 1.807) is 7.05 Å². The minimum Gasteiger partial charge on any atom is -0.451 e. The van der Waals surface area contributed by atoms with Crippen LogP contribution in [0.4, 0.5) is 4.39 Å². The fraction of sp³-hybridized carbons (Fsp3) is 0.214. The van der Waals surface area contributed by atoms with Crippen LogP contribution in [0.2, 0.25) is 0 Å². The van der Waals surface area contributed by atoms with E-state index in [4.69, 9.17) is 4.74 Å². The van der Waals surface area contributed by atoms with Gasteiger partial charge in [-0.3, -0.25) is 9.48 Å². The summed E-state index contributed by atoms with van der Waals surface area (Å²) in [6.45, 7) is 1.47. The standard InChI is InChI=1S/C14H13FN2O3/c1-9(13(18)10-3-5-12(15)6-4-10)20-14(19)11-7-16-17(2)8-11/h3-9H,1-2H3. The number of carbonyl (C=O) groups excluding carboxylic acids is 2. The summed E-state index contributed by atoms with van der Waals surface area (Å²) in [7, 11) is 1.67. The summed E-state index contributed by atoms with van der Waals surface area (Å²) in [4.78, 5) is 23.8. The number of esters is 1. The molecule has 0 saturated carbocycles. The highest BCUT2D eigenvalue weighted by molar-refractivity contribution is 6.01. The molecule has 2 aromatic rings. The van der Waals surface area contributed by atoms with E-state index in [-0.39, 0.29) is 16.9 Å². The minimum atomic E-state index is -0.951. The molecule has 0 spiro atoms. The molecule has 6 heteroatoms. The molecule has 1 aromatic heterocycles. The third-order valence-corrected chi connectivity index (χ3v) is 2.72. The molecular weight excluding hydrogens is 263 g/mol. The SMILES string of the molecule is CC(OC(=O)c1cnn(C)c1)C(=O)c1ccc(F)cc1. The predicted octanol–water partition coefficient (Wildman–Crippen LogP) is 1.99. The van der Waals surface area contributed by atoms with Gasteiger partial charge in [0.15, 0.2) is 6.10 Å². The molecule has 20 heavy (non-hydrogen) atoms. The number of halogens is 1. The Balaban J connectivity index is 2.04. The molecule has 0 radical (unpaired) electrons. The maximum absolute atomic E-state index is 12.8. The Hall–Kier alpha value is -2.50. The van der Waals surface area contributed by atoms with Crippen molar-refractivity contribution in [3.8, 4) is 0 Å². The Labute approximate surface area is 115 Å². The van der Waals surface area contributed by atoms with Gasteiger partial charge in [0.05, 0.1) is 11.8 Å². The first-order valence-electron chi connectivity index (χ1n) is 5.97. The van der Waals surface area contributed by atoms with Crippen LogP contribution < -0.4 is 0 Å². The highest BCUT2D eigenvalue weighted by Crippen LogP contribution is 2.10. The first-order valence-corrected chi connectivity index (χ1v) is 5.97. The van der Waals surface area contributed by atoms with E-state index in [2.05, 4.69) is 5.10 Å². The smallest absolute Gasteiger partial charge is 0.342 e. The van der Waals surface area contributed by atoms with E-state index >= 15 is 0 Å². The van der Waals surface area contributed by atoms with E-state index in [0.29, 0.717) is 0 Å². The highest BCUT2D eigenvalue weighted by atomic mass is 19.1. The molecule has 0 aliphatic rings. The number of aromatic nitrogens is 2. The number of aryl methyl sites for hydroxylation is 1. The van der Waals surface area contributed by atoms with Crippen molar-refractivity contribution in [2.24, 2.45) is 7.05 Å². The molecule has 0 bridgehead atoms. The van der Waals surface area contributed by atoms with Crippen molar-refractivity contribution in [1.29, 1.82) is 0 Å². The molecule has 0 aliphatic heterocycles. The fourth-order valence-corrected chi connectivity index (χ4v) is 1.66. The molecule has 0 aliphatic carbocycles. The van der Waals surface area contributed by atoms with Gasteiger partial charge in [0, 0.05) is 18.8 Å². The third kappa shape index (κ3) is 3.09. The second kappa shape index (κ2) is 5.64. The largest absolute Gasteiger partial charge is 0.451 e. The molecule has 2 rings (SSSR count). The van der Waals surface area contributed by atoms with E-state index in [1.165, 1.54) is 48.3 Å². The molecule has 0 fully saturated rings. The van der Waals surface area contributed by atoms with Crippen LogP contribution in [0, 0.1) is 5.82 Å². The first-order chi connectivity index (χ1) is 9.47. The second-order valence-corrected chi connectivity index (χ2v) is 4.32. The molecular formula is C14H13FN2O3. The highest BCUT2D eigenvalue weighted by Gasteiger charge is 2.21. The summed E-state index contributed by atoms with van der Waals surface area (Å²) in [5.74, 6) is -1.44. The summed E-state index contributed by atoms with van der Waals surface area (Å²) in [5.41, 5.74) is 0.559. The zero-order valence-electron chi connectivity index (χ0n) is 11.0. The normalized spacial score (nSPS) is 11.9. The predicted molar refractivity (Wildman–Crippen MR) is 68.8 cm³/mol. The van der Waals surface area contributed by atoms with Crippen LogP contribution in [0.5, 0.6) is 0 Å². The lowest BCUT2D eigenvalue weighted by Crippen LogP contribution is -2.24. The molecule has 1 heterocycles. The number of hydrogen-bond acceptors (Lipinski definition) is 4. The number of carbonyl (C=O) groups is 2. The topological polar surface area (TPSA) is 61.2 Å². The van der Waals surface area contributed by atoms with Crippen molar-refractivity contribution < 1.29 is 18.7 Å². The number of hydrogen-bond donors (Lipinski definition) is 0. The van der Waals surface area contributed by atoms with Crippen molar-refractivity contribution in [3.63, 3.8) is 0 Å². The molecule has 1 unspecified atom stereocenters. The van der Waals surface area contributed by atoms with E-state index in [9.17, 15) is 14.0 Å². The number of nitrogens with zero attached hydrogens (tertiary/aromatic N) is 2. The van der Waals surface area contributed by atoms with Crippen molar-refractivity contribution in [1.82, 2.24) is 9.78 Å². The van der Waals surface area contributed by atoms with Gasteiger partial charge in [0.2, 0.25) is 5.78 Å². The third-order valence-electron chi connectivity index (χ3n) is 2.72. The first kappa shape index (κ1) is 13.9. The number of ether oxygens (including phenoxy) is 1. The molecule has 5 nitrogen and oxygen atoms in total. The lowest BCUT2D eigenvalue weighted by molar-refractivity contribution is 0.0318. The van der Waals surface area contributed by atoms with Gasteiger partial charge in [-0.2, -0.15) is 5.10 Å². The Morgan fingerprint density at radius 3 is 2.45 bits per heavy atom. The van der Waals surface area contributed by atoms with E-state index in [1.807, 2.05) is 0 Å². The lowest BCUT2D eigenvalue weighted by Gasteiger charge is -2.11. The van der Waals surface area contributed by atoms with Gasteiger partial charge in [-0.25, -0.2) is 9.18 Å². The maximum Gasteiger partial charge on any atom is 0.342 e. The van der Waals surface area contributed by atoms with Crippen LogP contribution in [0.25, 0.3) is 0 Å². The van der Waals surface area contributed by atoms with Gasteiger partial charge in [-0.15, -0.1) is 0 Å². The van der Waals surface area contributed by atoms with Crippen molar-refractivity contribution in [2.75, 3.05) is 0 Å². The summed E-state index contributed by atoms with van der Waals surface area (Å²) < 4.78 is 19.3. The zero-order chi connectivity index (χ0) is 14.7.